The van der Waals surface area contributed by atoms with E-state index in [1.165, 1.54) is 19.3 Å². The molecule has 1 aliphatic heterocycles. The zero-order valence-corrected chi connectivity index (χ0v) is 11.6. The first kappa shape index (κ1) is 13.1. The van der Waals surface area contributed by atoms with E-state index in [4.69, 9.17) is 0 Å². The quantitative estimate of drug-likeness (QED) is 0.764. The molecule has 1 aromatic heterocycles. The number of hydrogen-bond donors (Lipinski definition) is 0. The van der Waals surface area contributed by atoms with Crippen LogP contribution < -0.4 is 4.90 Å². The molecule has 0 aromatic carbocycles. The Bertz CT molecular complexity index is 421. The molecule has 0 atom stereocenters. The number of anilines is 1. The maximum Gasteiger partial charge on any atom is 0.178 e. The number of hydrogen-bond acceptors (Lipinski definition) is 3. The van der Waals surface area contributed by atoms with Crippen LogP contribution in [0.2, 0.25) is 0 Å². The molecule has 0 unspecified atom stereocenters. The van der Waals surface area contributed by atoms with Gasteiger partial charge in [0.25, 0.3) is 0 Å². The lowest BCUT2D eigenvalue weighted by Gasteiger charge is -2.27. The summed E-state index contributed by atoms with van der Waals surface area (Å²) < 4.78 is 0. The molecular formula is C15H22N2O. The Hall–Kier alpha value is -1.38. The number of nitrogens with zero attached hydrogens (tertiary/aromatic N) is 2. The minimum absolute atomic E-state index is 0.0273. The molecule has 1 fully saturated rings. The molecule has 2 heterocycles. The molecule has 0 amide bonds. The van der Waals surface area contributed by atoms with Crippen LogP contribution in [0.4, 0.5) is 5.69 Å². The fourth-order valence-electron chi connectivity index (χ4n) is 2.76. The Morgan fingerprint density at radius 3 is 2.56 bits per heavy atom. The van der Waals surface area contributed by atoms with E-state index in [0.717, 1.165) is 18.8 Å². The number of carbonyl (C=O) groups excluding carboxylic acids is 1. The second-order valence-corrected chi connectivity index (χ2v) is 5.34. The van der Waals surface area contributed by atoms with E-state index in [0.29, 0.717) is 11.1 Å². The van der Waals surface area contributed by atoms with E-state index in [9.17, 15) is 4.79 Å². The number of carbonyl (C=O) groups is 1. The summed E-state index contributed by atoms with van der Waals surface area (Å²) in [5, 5.41) is 0. The van der Waals surface area contributed by atoms with Gasteiger partial charge in [0.15, 0.2) is 5.78 Å². The molecule has 98 valence electrons. The number of aromatic nitrogens is 1. The molecule has 18 heavy (non-hydrogen) atoms. The highest BCUT2D eigenvalue weighted by atomic mass is 16.1. The number of rotatable bonds is 4. The number of ketones is 1. The van der Waals surface area contributed by atoms with Crippen molar-refractivity contribution in [3.63, 3.8) is 0 Å². The largest absolute Gasteiger partial charge is 0.370 e. The zero-order valence-electron chi connectivity index (χ0n) is 11.6. The minimum Gasteiger partial charge on any atom is -0.370 e. The SMILES string of the molecule is CCC1(CC)CCN(c2ccc(C(C)=O)nc2)C1. The fourth-order valence-corrected chi connectivity index (χ4v) is 2.76. The molecule has 1 saturated heterocycles. The van der Waals surface area contributed by atoms with Gasteiger partial charge >= 0.3 is 0 Å². The molecule has 3 heteroatoms. The highest BCUT2D eigenvalue weighted by Crippen LogP contribution is 2.38. The Labute approximate surface area is 109 Å². The normalized spacial score (nSPS) is 18.1. The van der Waals surface area contributed by atoms with Gasteiger partial charge in [0.2, 0.25) is 0 Å². The van der Waals surface area contributed by atoms with E-state index in [-0.39, 0.29) is 5.78 Å². The summed E-state index contributed by atoms with van der Waals surface area (Å²) in [4.78, 5) is 17.8. The van der Waals surface area contributed by atoms with Gasteiger partial charge in [0.1, 0.15) is 5.69 Å². The van der Waals surface area contributed by atoms with Crippen molar-refractivity contribution in [1.29, 1.82) is 0 Å². The maximum atomic E-state index is 11.2. The third-order valence-electron chi connectivity index (χ3n) is 4.41. The lowest BCUT2D eigenvalue weighted by Crippen LogP contribution is -2.26. The lowest BCUT2D eigenvalue weighted by molar-refractivity contribution is 0.101. The van der Waals surface area contributed by atoms with Crippen LogP contribution in [0.5, 0.6) is 0 Å². The van der Waals surface area contributed by atoms with E-state index >= 15 is 0 Å². The third-order valence-corrected chi connectivity index (χ3v) is 4.41. The molecule has 0 spiro atoms. The summed E-state index contributed by atoms with van der Waals surface area (Å²) in [6, 6.07) is 3.85. The average molecular weight is 246 g/mol. The molecule has 0 bridgehead atoms. The van der Waals surface area contributed by atoms with Crippen molar-refractivity contribution in [3.8, 4) is 0 Å². The summed E-state index contributed by atoms with van der Waals surface area (Å²) in [6.45, 7) is 8.33. The van der Waals surface area contributed by atoms with Crippen LogP contribution >= 0.6 is 0 Å². The van der Waals surface area contributed by atoms with Gasteiger partial charge in [0, 0.05) is 20.0 Å². The molecule has 1 aromatic rings. The predicted octanol–water partition coefficient (Wildman–Crippen LogP) is 3.30. The highest BCUT2D eigenvalue weighted by molar-refractivity contribution is 5.92. The summed E-state index contributed by atoms with van der Waals surface area (Å²) >= 11 is 0. The van der Waals surface area contributed by atoms with Crippen molar-refractivity contribution >= 4 is 11.5 Å². The van der Waals surface area contributed by atoms with Gasteiger partial charge in [0.05, 0.1) is 11.9 Å². The van der Waals surface area contributed by atoms with Gasteiger partial charge in [-0.05, 0) is 36.8 Å². The summed E-state index contributed by atoms with van der Waals surface area (Å²) in [5.74, 6) is 0.0273. The summed E-state index contributed by atoms with van der Waals surface area (Å²) in [5.41, 5.74) is 2.16. The molecule has 2 rings (SSSR count). The van der Waals surface area contributed by atoms with Crippen LogP contribution in [0.3, 0.4) is 0 Å². The third kappa shape index (κ3) is 2.40. The minimum atomic E-state index is 0.0273. The topological polar surface area (TPSA) is 33.2 Å². The monoisotopic (exact) mass is 246 g/mol. The van der Waals surface area contributed by atoms with Crippen molar-refractivity contribution in [2.24, 2.45) is 5.41 Å². The van der Waals surface area contributed by atoms with E-state index in [2.05, 4.69) is 23.7 Å². The molecule has 0 aliphatic carbocycles. The summed E-state index contributed by atoms with van der Waals surface area (Å²) in [6.07, 6.45) is 5.56. The molecular weight excluding hydrogens is 224 g/mol. The molecule has 3 nitrogen and oxygen atoms in total. The molecule has 0 N–H and O–H groups in total. The van der Waals surface area contributed by atoms with Crippen molar-refractivity contribution < 1.29 is 4.79 Å². The predicted molar refractivity (Wildman–Crippen MR) is 74.1 cm³/mol. The number of pyridine rings is 1. The first-order valence-corrected chi connectivity index (χ1v) is 6.82. The Kier molecular flexibility index (Phi) is 3.69. The van der Waals surface area contributed by atoms with Crippen LogP contribution in [0.25, 0.3) is 0 Å². The van der Waals surface area contributed by atoms with Crippen molar-refractivity contribution in [2.45, 2.75) is 40.0 Å². The van der Waals surface area contributed by atoms with Crippen LogP contribution in [0.15, 0.2) is 18.3 Å². The summed E-state index contributed by atoms with van der Waals surface area (Å²) in [7, 11) is 0. The van der Waals surface area contributed by atoms with Gasteiger partial charge in [-0.15, -0.1) is 0 Å². The van der Waals surface area contributed by atoms with E-state index in [1.807, 2.05) is 18.3 Å². The Morgan fingerprint density at radius 2 is 2.11 bits per heavy atom. The molecule has 1 aliphatic rings. The second kappa shape index (κ2) is 5.09. The van der Waals surface area contributed by atoms with Gasteiger partial charge in [-0.2, -0.15) is 0 Å². The maximum absolute atomic E-state index is 11.2. The van der Waals surface area contributed by atoms with Crippen LogP contribution in [0.1, 0.15) is 50.5 Å². The smallest absolute Gasteiger partial charge is 0.178 e. The first-order chi connectivity index (χ1) is 8.60. The average Bonchev–Trinajstić information content (AvgIpc) is 2.84. The van der Waals surface area contributed by atoms with Gasteiger partial charge < -0.3 is 4.90 Å². The highest BCUT2D eigenvalue weighted by Gasteiger charge is 2.34. The van der Waals surface area contributed by atoms with Gasteiger partial charge in [-0.1, -0.05) is 13.8 Å². The van der Waals surface area contributed by atoms with Crippen LogP contribution in [0, 0.1) is 5.41 Å². The lowest BCUT2D eigenvalue weighted by atomic mass is 9.82. The molecule has 0 radical (unpaired) electrons. The number of Topliss-reactive ketones (excluding diaryl/α,β-unsaturated/α-hetero) is 1. The van der Waals surface area contributed by atoms with Gasteiger partial charge in [-0.25, -0.2) is 0 Å². The van der Waals surface area contributed by atoms with Crippen LogP contribution in [-0.4, -0.2) is 23.9 Å². The van der Waals surface area contributed by atoms with Crippen LogP contribution in [-0.2, 0) is 0 Å². The fraction of sp³-hybridized carbons (Fsp3) is 0.600. The Morgan fingerprint density at radius 1 is 1.39 bits per heavy atom. The van der Waals surface area contributed by atoms with Crippen molar-refractivity contribution in [1.82, 2.24) is 4.98 Å². The first-order valence-electron chi connectivity index (χ1n) is 6.82. The second-order valence-electron chi connectivity index (χ2n) is 5.34. The Balaban J connectivity index is 2.12. The van der Waals surface area contributed by atoms with Crippen molar-refractivity contribution in [3.05, 3.63) is 24.0 Å². The zero-order chi connectivity index (χ0) is 13.2. The van der Waals surface area contributed by atoms with Crippen molar-refractivity contribution in [2.75, 3.05) is 18.0 Å². The standard InChI is InChI=1S/C15H22N2O/c1-4-15(5-2)8-9-17(11-15)13-6-7-14(12(3)18)16-10-13/h6-7,10H,4-5,8-9,11H2,1-3H3. The van der Waals surface area contributed by atoms with Gasteiger partial charge in [-0.3, -0.25) is 9.78 Å². The van der Waals surface area contributed by atoms with E-state index < -0.39 is 0 Å². The molecule has 0 saturated carbocycles. The van der Waals surface area contributed by atoms with E-state index in [1.54, 1.807) is 6.92 Å².